The summed E-state index contributed by atoms with van der Waals surface area (Å²) in [4.78, 5) is 24.9. The third-order valence-electron chi connectivity index (χ3n) is 4.67. The van der Waals surface area contributed by atoms with Crippen molar-refractivity contribution in [2.24, 2.45) is 0 Å². The maximum absolute atomic E-state index is 12.7. The van der Waals surface area contributed by atoms with Crippen LogP contribution in [0.4, 0.5) is 10.8 Å². The van der Waals surface area contributed by atoms with Crippen LogP contribution >= 0.6 is 22.9 Å². The molecule has 0 atom stereocenters. The SMILES string of the molecule is COc1ccc(-c2nnc(NC(=O)c3cccc(NC(=O)/C=C/c4ccc(Cl)cc4)c3)s2)cc1. The highest BCUT2D eigenvalue weighted by Gasteiger charge is 2.12. The number of amides is 2. The summed E-state index contributed by atoms with van der Waals surface area (Å²) in [6, 6.07) is 21.2. The molecule has 0 fully saturated rings. The minimum atomic E-state index is -0.356. The average molecular weight is 491 g/mol. The van der Waals surface area contributed by atoms with Crippen LogP contribution in [0.25, 0.3) is 16.6 Å². The number of benzene rings is 3. The van der Waals surface area contributed by atoms with Crippen LogP contribution in [0.1, 0.15) is 15.9 Å². The lowest BCUT2D eigenvalue weighted by molar-refractivity contribution is -0.111. The molecule has 0 saturated heterocycles. The Balaban J connectivity index is 1.38. The van der Waals surface area contributed by atoms with Gasteiger partial charge in [0.05, 0.1) is 7.11 Å². The number of halogens is 1. The predicted octanol–water partition coefficient (Wildman–Crippen LogP) is 5.77. The highest BCUT2D eigenvalue weighted by atomic mass is 35.5. The number of carbonyl (C=O) groups excluding carboxylic acids is 2. The first-order chi connectivity index (χ1) is 16.5. The molecular weight excluding hydrogens is 472 g/mol. The number of nitrogens with zero attached hydrogens (tertiary/aromatic N) is 2. The lowest BCUT2D eigenvalue weighted by atomic mass is 10.2. The average Bonchev–Trinajstić information content (AvgIpc) is 3.32. The van der Waals surface area contributed by atoms with Crippen LogP contribution in [0.5, 0.6) is 5.75 Å². The number of methoxy groups -OCH3 is 1. The minimum absolute atomic E-state index is 0.319. The van der Waals surface area contributed by atoms with E-state index in [0.29, 0.717) is 26.4 Å². The summed E-state index contributed by atoms with van der Waals surface area (Å²) < 4.78 is 5.16. The van der Waals surface area contributed by atoms with E-state index in [-0.39, 0.29) is 11.8 Å². The molecule has 0 saturated carbocycles. The van der Waals surface area contributed by atoms with Gasteiger partial charge in [0.2, 0.25) is 11.0 Å². The van der Waals surface area contributed by atoms with Crippen molar-refractivity contribution in [1.82, 2.24) is 10.2 Å². The molecule has 0 unspecified atom stereocenters. The van der Waals surface area contributed by atoms with Gasteiger partial charge in [-0.1, -0.05) is 41.1 Å². The van der Waals surface area contributed by atoms with E-state index in [1.165, 1.54) is 17.4 Å². The largest absolute Gasteiger partial charge is 0.497 e. The summed E-state index contributed by atoms with van der Waals surface area (Å²) in [5.41, 5.74) is 2.59. The Labute approximate surface area is 205 Å². The minimum Gasteiger partial charge on any atom is -0.497 e. The van der Waals surface area contributed by atoms with Crippen molar-refractivity contribution < 1.29 is 14.3 Å². The maximum Gasteiger partial charge on any atom is 0.257 e. The first-order valence-corrected chi connectivity index (χ1v) is 11.3. The highest BCUT2D eigenvalue weighted by molar-refractivity contribution is 7.18. The third-order valence-corrected chi connectivity index (χ3v) is 5.81. The zero-order valence-corrected chi connectivity index (χ0v) is 19.6. The molecule has 9 heteroatoms. The number of carbonyl (C=O) groups is 2. The van der Waals surface area contributed by atoms with Crippen LogP contribution in [0, 0.1) is 0 Å². The number of aromatic nitrogens is 2. The van der Waals surface area contributed by atoms with Crippen molar-refractivity contribution in [1.29, 1.82) is 0 Å². The zero-order valence-electron chi connectivity index (χ0n) is 18.0. The van der Waals surface area contributed by atoms with E-state index in [1.807, 2.05) is 36.4 Å². The Morgan fingerprint density at radius 2 is 1.74 bits per heavy atom. The van der Waals surface area contributed by atoms with E-state index in [9.17, 15) is 9.59 Å². The van der Waals surface area contributed by atoms with Crippen LogP contribution in [-0.2, 0) is 4.79 Å². The number of anilines is 2. The Morgan fingerprint density at radius 1 is 0.971 bits per heavy atom. The Morgan fingerprint density at radius 3 is 2.47 bits per heavy atom. The molecule has 0 aliphatic rings. The second kappa shape index (κ2) is 10.7. The molecule has 4 rings (SSSR count). The maximum atomic E-state index is 12.7. The molecule has 1 aromatic heterocycles. The molecule has 3 aromatic carbocycles. The second-order valence-electron chi connectivity index (χ2n) is 7.05. The van der Waals surface area contributed by atoms with Crippen LogP contribution in [0.15, 0.2) is 78.9 Å². The van der Waals surface area contributed by atoms with Crippen molar-refractivity contribution in [3.8, 4) is 16.3 Å². The van der Waals surface area contributed by atoms with Crippen LogP contribution in [-0.4, -0.2) is 29.1 Å². The van der Waals surface area contributed by atoms with Crippen LogP contribution in [0.3, 0.4) is 0 Å². The van der Waals surface area contributed by atoms with Crippen molar-refractivity contribution in [2.75, 3.05) is 17.7 Å². The summed E-state index contributed by atoms with van der Waals surface area (Å²) in [5.74, 6) is 0.0697. The Kier molecular flexibility index (Phi) is 7.31. The van der Waals surface area contributed by atoms with Gasteiger partial charge in [-0.05, 0) is 66.2 Å². The Bertz CT molecular complexity index is 1340. The molecule has 2 N–H and O–H groups in total. The van der Waals surface area contributed by atoms with Gasteiger partial charge in [-0.2, -0.15) is 0 Å². The van der Waals surface area contributed by atoms with E-state index >= 15 is 0 Å². The van der Waals surface area contributed by atoms with Crippen molar-refractivity contribution >= 4 is 51.6 Å². The van der Waals surface area contributed by atoms with Gasteiger partial charge in [-0.25, -0.2) is 0 Å². The quantitative estimate of drug-likeness (QED) is 0.321. The predicted molar refractivity (Wildman–Crippen MR) is 135 cm³/mol. The first-order valence-electron chi connectivity index (χ1n) is 10.1. The van der Waals surface area contributed by atoms with Gasteiger partial charge < -0.3 is 10.1 Å². The normalized spacial score (nSPS) is 10.8. The first kappa shape index (κ1) is 23.2. The molecule has 170 valence electrons. The molecule has 2 amide bonds. The number of hydrogen-bond acceptors (Lipinski definition) is 6. The lowest BCUT2D eigenvalue weighted by Gasteiger charge is -2.05. The highest BCUT2D eigenvalue weighted by Crippen LogP contribution is 2.28. The zero-order chi connectivity index (χ0) is 23.9. The summed E-state index contributed by atoms with van der Waals surface area (Å²) >= 11 is 7.13. The topological polar surface area (TPSA) is 93.2 Å². The fraction of sp³-hybridized carbons (Fsp3) is 0.0400. The number of hydrogen-bond donors (Lipinski definition) is 2. The van der Waals surface area contributed by atoms with E-state index in [4.69, 9.17) is 16.3 Å². The van der Waals surface area contributed by atoms with Gasteiger partial charge in [0.15, 0.2) is 0 Å². The van der Waals surface area contributed by atoms with Gasteiger partial charge in [-0.15, -0.1) is 10.2 Å². The van der Waals surface area contributed by atoms with Gasteiger partial charge in [0, 0.05) is 27.9 Å². The summed E-state index contributed by atoms with van der Waals surface area (Å²) in [6.45, 7) is 0. The fourth-order valence-electron chi connectivity index (χ4n) is 2.96. The number of rotatable bonds is 7. The van der Waals surface area contributed by atoms with E-state index in [2.05, 4.69) is 20.8 Å². The third kappa shape index (κ3) is 6.06. The standard InChI is InChI=1S/C25H19ClN4O3S/c1-33-21-12-8-17(9-13-21)24-29-30-25(34-24)28-23(32)18-3-2-4-20(15-18)27-22(31)14-7-16-5-10-19(26)11-6-16/h2-15H,1H3,(H,27,31)(H,28,30,32)/b14-7+. The number of ether oxygens (including phenoxy) is 1. The van der Waals surface area contributed by atoms with Gasteiger partial charge in [0.25, 0.3) is 5.91 Å². The van der Waals surface area contributed by atoms with E-state index < -0.39 is 0 Å². The van der Waals surface area contributed by atoms with Crippen molar-refractivity contribution in [3.63, 3.8) is 0 Å². The Hall–Kier alpha value is -4.01. The van der Waals surface area contributed by atoms with E-state index in [0.717, 1.165) is 16.9 Å². The van der Waals surface area contributed by atoms with Crippen molar-refractivity contribution in [3.05, 3.63) is 95.0 Å². The van der Waals surface area contributed by atoms with Crippen molar-refractivity contribution in [2.45, 2.75) is 0 Å². The van der Waals surface area contributed by atoms with Crippen LogP contribution in [0.2, 0.25) is 5.02 Å². The van der Waals surface area contributed by atoms with Crippen LogP contribution < -0.4 is 15.4 Å². The smallest absolute Gasteiger partial charge is 0.257 e. The van der Waals surface area contributed by atoms with E-state index in [1.54, 1.807) is 49.6 Å². The molecule has 0 radical (unpaired) electrons. The number of nitrogens with one attached hydrogen (secondary N) is 2. The van der Waals surface area contributed by atoms with Gasteiger partial charge in [-0.3, -0.25) is 14.9 Å². The summed E-state index contributed by atoms with van der Waals surface area (Å²) in [6.07, 6.45) is 3.09. The molecule has 0 aliphatic carbocycles. The monoisotopic (exact) mass is 490 g/mol. The second-order valence-corrected chi connectivity index (χ2v) is 8.46. The molecule has 0 spiro atoms. The summed E-state index contributed by atoms with van der Waals surface area (Å²) in [5, 5.41) is 15.4. The molecule has 0 aliphatic heterocycles. The van der Waals surface area contributed by atoms with Gasteiger partial charge >= 0.3 is 0 Å². The molecule has 34 heavy (non-hydrogen) atoms. The van der Waals surface area contributed by atoms with Gasteiger partial charge in [0.1, 0.15) is 10.8 Å². The molecule has 7 nitrogen and oxygen atoms in total. The molecule has 0 bridgehead atoms. The summed E-state index contributed by atoms with van der Waals surface area (Å²) in [7, 11) is 1.60. The molecule has 4 aromatic rings. The molecular formula is C25H19ClN4O3S. The fourth-order valence-corrected chi connectivity index (χ4v) is 3.83. The molecule has 1 heterocycles. The lowest BCUT2D eigenvalue weighted by Crippen LogP contribution is -2.13.